The van der Waals surface area contributed by atoms with Gasteiger partial charge in [-0.3, -0.25) is 4.79 Å². The molecule has 0 unspecified atom stereocenters. The molecule has 0 aromatic carbocycles. The summed E-state index contributed by atoms with van der Waals surface area (Å²) < 4.78 is 0. The molecule has 0 aliphatic carbocycles. The van der Waals surface area contributed by atoms with Crippen LogP contribution in [0.5, 0.6) is 0 Å². The quantitative estimate of drug-likeness (QED) is 0.766. The van der Waals surface area contributed by atoms with Crippen molar-refractivity contribution in [3.05, 3.63) is 16.6 Å². The first-order valence-electron chi connectivity index (χ1n) is 4.04. The van der Waals surface area contributed by atoms with Crippen LogP contribution in [0.3, 0.4) is 0 Å². The average Bonchev–Trinajstić information content (AvgIpc) is 2.64. The molecule has 72 valence electrons. The maximum atomic E-state index is 11.1. The summed E-state index contributed by atoms with van der Waals surface area (Å²) in [7, 11) is 0. The second kappa shape index (κ2) is 5.94. The van der Waals surface area contributed by atoms with Gasteiger partial charge in [0.15, 0.2) is 0 Å². The highest BCUT2D eigenvalue weighted by molar-refractivity contribution is 7.09. The Labute approximate surface area is 86.1 Å². The summed E-state index contributed by atoms with van der Waals surface area (Å²) in [5, 5.41) is 5.59. The number of hydrogen-bond acceptors (Lipinski definition) is 3. The van der Waals surface area contributed by atoms with E-state index in [2.05, 4.69) is 10.3 Å². The topological polar surface area (TPSA) is 42.0 Å². The Morgan fingerprint density at radius 3 is 3.15 bits per heavy atom. The number of carbonyl (C=O) groups is 1. The van der Waals surface area contributed by atoms with Crippen molar-refractivity contribution in [3.63, 3.8) is 0 Å². The third-order valence-electron chi connectivity index (χ3n) is 1.46. The van der Waals surface area contributed by atoms with Gasteiger partial charge in [-0.15, -0.1) is 22.9 Å². The maximum Gasteiger partial charge on any atom is 0.220 e. The molecule has 0 saturated carbocycles. The lowest BCUT2D eigenvalue weighted by Crippen LogP contribution is -2.22. The van der Waals surface area contributed by atoms with Crippen LogP contribution >= 0.6 is 22.9 Å². The van der Waals surface area contributed by atoms with Crippen LogP contribution in [0, 0.1) is 0 Å². The summed E-state index contributed by atoms with van der Waals surface area (Å²) in [5.41, 5.74) is 0. The van der Waals surface area contributed by atoms with E-state index < -0.39 is 0 Å². The summed E-state index contributed by atoms with van der Waals surface area (Å²) in [6.07, 6.45) is 2.95. The van der Waals surface area contributed by atoms with E-state index in [1.54, 1.807) is 6.20 Å². The number of amides is 1. The lowest BCUT2D eigenvalue weighted by atomic mass is 10.3. The zero-order valence-electron chi connectivity index (χ0n) is 7.12. The number of thiazole rings is 1. The molecule has 1 aromatic rings. The van der Waals surface area contributed by atoms with Crippen LogP contribution in [0.2, 0.25) is 0 Å². The Morgan fingerprint density at radius 1 is 1.69 bits per heavy atom. The number of aromatic nitrogens is 1. The van der Waals surface area contributed by atoms with E-state index >= 15 is 0 Å². The van der Waals surface area contributed by atoms with E-state index in [0.717, 1.165) is 11.4 Å². The van der Waals surface area contributed by atoms with Crippen molar-refractivity contribution in [3.8, 4) is 0 Å². The number of hydrogen-bond donors (Lipinski definition) is 1. The number of nitrogens with one attached hydrogen (secondary N) is 1. The molecule has 1 N–H and O–H groups in total. The van der Waals surface area contributed by atoms with Crippen LogP contribution < -0.4 is 5.32 Å². The Morgan fingerprint density at radius 2 is 2.54 bits per heavy atom. The lowest BCUT2D eigenvalue weighted by Gasteiger charge is -2.00. The van der Waals surface area contributed by atoms with Gasteiger partial charge in [-0.25, -0.2) is 4.98 Å². The molecule has 0 fully saturated rings. The molecular weight excluding hydrogens is 208 g/mol. The zero-order valence-corrected chi connectivity index (χ0v) is 8.70. The van der Waals surface area contributed by atoms with Crippen LogP contribution in [-0.2, 0) is 11.3 Å². The summed E-state index contributed by atoms with van der Waals surface area (Å²) in [6, 6.07) is 0. The SMILES string of the molecule is O=C(CCCCl)NCc1nccs1. The van der Waals surface area contributed by atoms with Crippen molar-refractivity contribution in [2.24, 2.45) is 0 Å². The summed E-state index contributed by atoms with van der Waals surface area (Å²) in [5.74, 6) is 0.570. The molecule has 1 amide bonds. The van der Waals surface area contributed by atoms with Gasteiger partial charge in [0.1, 0.15) is 5.01 Å². The van der Waals surface area contributed by atoms with Gasteiger partial charge in [0.05, 0.1) is 6.54 Å². The van der Waals surface area contributed by atoms with E-state index in [9.17, 15) is 4.79 Å². The third kappa shape index (κ3) is 4.24. The van der Waals surface area contributed by atoms with Crippen molar-refractivity contribution in [2.75, 3.05) is 5.88 Å². The van der Waals surface area contributed by atoms with Crippen molar-refractivity contribution >= 4 is 28.8 Å². The number of carbonyl (C=O) groups excluding carboxylic acids is 1. The minimum atomic E-state index is 0.0378. The van der Waals surface area contributed by atoms with Crippen molar-refractivity contribution < 1.29 is 4.79 Å². The first-order chi connectivity index (χ1) is 6.33. The van der Waals surface area contributed by atoms with Crippen LogP contribution in [0.15, 0.2) is 11.6 Å². The lowest BCUT2D eigenvalue weighted by molar-refractivity contribution is -0.121. The van der Waals surface area contributed by atoms with Crippen molar-refractivity contribution in [1.82, 2.24) is 10.3 Å². The Kier molecular flexibility index (Phi) is 4.78. The molecule has 3 nitrogen and oxygen atoms in total. The second-order valence-corrected chi connectivity index (χ2v) is 3.85. The molecule has 0 aliphatic heterocycles. The van der Waals surface area contributed by atoms with E-state index in [1.165, 1.54) is 11.3 Å². The molecule has 5 heteroatoms. The van der Waals surface area contributed by atoms with Gasteiger partial charge in [0, 0.05) is 23.9 Å². The molecule has 0 spiro atoms. The van der Waals surface area contributed by atoms with Crippen LogP contribution in [0.25, 0.3) is 0 Å². The largest absolute Gasteiger partial charge is 0.350 e. The minimum Gasteiger partial charge on any atom is -0.350 e. The maximum absolute atomic E-state index is 11.1. The second-order valence-electron chi connectivity index (χ2n) is 2.50. The number of alkyl halides is 1. The monoisotopic (exact) mass is 218 g/mol. The molecule has 1 aromatic heterocycles. The highest BCUT2D eigenvalue weighted by Crippen LogP contribution is 2.02. The van der Waals surface area contributed by atoms with Crippen molar-refractivity contribution in [1.29, 1.82) is 0 Å². The van der Waals surface area contributed by atoms with Gasteiger partial charge < -0.3 is 5.32 Å². The average molecular weight is 219 g/mol. The van der Waals surface area contributed by atoms with Gasteiger partial charge in [-0.2, -0.15) is 0 Å². The molecular formula is C8H11ClN2OS. The normalized spacial score (nSPS) is 9.92. The number of nitrogens with zero attached hydrogens (tertiary/aromatic N) is 1. The van der Waals surface area contributed by atoms with E-state index in [0.29, 0.717) is 18.8 Å². The first-order valence-corrected chi connectivity index (χ1v) is 5.45. The van der Waals surface area contributed by atoms with E-state index in [1.807, 2.05) is 5.38 Å². The fourth-order valence-corrected chi connectivity index (χ4v) is 1.52. The molecule has 1 heterocycles. The van der Waals surface area contributed by atoms with Crippen LogP contribution in [0.4, 0.5) is 0 Å². The summed E-state index contributed by atoms with van der Waals surface area (Å²) in [6.45, 7) is 0.527. The number of halogens is 1. The smallest absolute Gasteiger partial charge is 0.220 e. The predicted molar refractivity (Wildman–Crippen MR) is 53.9 cm³/mol. The molecule has 0 saturated heterocycles. The predicted octanol–water partition coefficient (Wildman–Crippen LogP) is 1.78. The highest BCUT2D eigenvalue weighted by atomic mass is 35.5. The third-order valence-corrected chi connectivity index (χ3v) is 2.50. The van der Waals surface area contributed by atoms with E-state index in [-0.39, 0.29) is 5.91 Å². The Bertz CT molecular complexity index is 251. The van der Waals surface area contributed by atoms with Gasteiger partial charge in [0.2, 0.25) is 5.91 Å². The van der Waals surface area contributed by atoms with E-state index in [4.69, 9.17) is 11.6 Å². The molecule has 1 rings (SSSR count). The molecule has 0 radical (unpaired) electrons. The summed E-state index contributed by atoms with van der Waals surface area (Å²) >= 11 is 6.99. The molecule has 13 heavy (non-hydrogen) atoms. The first kappa shape index (κ1) is 10.5. The highest BCUT2D eigenvalue weighted by Gasteiger charge is 2.01. The number of rotatable bonds is 5. The van der Waals surface area contributed by atoms with Gasteiger partial charge in [-0.1, -0.05) is 0 Å². The van der Waals surface area contributed by atoms with Gasteiger partial charge in [0.25, 0.3) is 0 Å². The van der Waals surface area contributed by atoms with Crippen LogP contribution in [0.1, 0.15) is 17.8 Å². The zero-order chi connectivity index (χ0) is 9.52. The van der Waals surface area contributed by atoms with Crippen LogP contribution in [-0.4, -0.2) is 16.8 Å². The molecule has 0 atom stereocenters. The fraction of sp³-hybridized carbons (Fsp3) is 0.500. The molecule has 0 bridgehead atoms. The summed E-state index contributed by atoms with van der Waals surface area (Å²) in [4.78, 5) is 15.2. The minimum absolute atomic E-state index is 0.0378. The Hall–Kier alpha value is -0.610. The van der Waals surface area contributed by atoms with Gasteiger partial charge in [-0.05, 0) is 6.42 Å². The Balaban J connectivity index is 2.15. The van der Waals surface area contributed by atoms with Crippen molar-refractivity contribution in [2.45, 2.75) is 19.4 Å². The van der Waals surface area contributed by atoms with Gasteiger partial charge >= 0.3 is 0 Å². The molecule has 0 aliphatic rings. The standard InChI is InChI=1S/C8H11ClN2OS/c9-3-1-2-7(12)11-6-8-10-4-5-13-8/h4-5H,1-3,6H2,(H,11,12). The fourth-order valence-electron chi connectivity index (χ4n) is 0.830.